The van der Waals surface area contributed by atoms with Crippen molar-refractivity contribution < 1.29 is 9.15 Å². The summed E-state index contributed by atoms with van der Waals surface area (Å²) in [7, 11) is 1.77. The maximum Gasteiger partial charge on any atom is 0.0947 e. The quantitative estimate of drug-likeness (QED) is 0.752. The monoisotopic (exact) mass is 210 g/mol. The highest BCUT2D eigenvalue weighted by atomic mass is 16.5. The van der Waals surface area contributed by atoms with E-state index in [2.05, 4.69) is 10.6 Å². The molecular weight excluding hydrogens is 192 g/mol. The average Bonchev–Trinajstić information content (AvgIpc) is 2.88. The molecule has 4 nitrogen and oxygen atoms in total. The van der Waals surface area contributed by atoms with Crippen molar-refractivity contribution in [1.29, 1.82) is 0 Å². The third kappa shape index (κ3) is 3.06. The van der Waals surface area contributed by atoms with Crippen LogP contribution in [0.5, 0.6) is 0 Å². The lowest BCUT2D eigenvalue weighted by Gasteiger charge is -2.10. The second kappa shape index (κ2) is 5.30. The Morgan fingerprint density at radius 2 is 2.60 bits per heavy atom. The molecule has 0 bridgehead atoms. The van der Waals surface area contributed by atoms with Crippen LogP contribution in [0.3, 0.4) is 0 Å². The molecule has 1 aliphatic heterocycles. The van der Waals surface area contributed by atoms with E-state index in [4.69, 9.17) is 9.15 Å². The zero-order valence-electron chi connectivity index (χ0n) is 9.03. The molecule has 15 heavy (non-hydrogen) atoms. The maximum absolute atomic E-state index is 5.29. The number of furan rings is 1. The first-order valence-electron chi connectivity index (χ1n) is 5.36. The van der Waals surface area contributed by atoms with Crippen molar-refractivity contribution in [2.45, 2.75) is 25.1 Å². The smallest absolute Gasteiger partial charge is 0.0947 e. The lowest BCUT2D eigenvalue weighted by Crippen LogP contribution is -2.33. The molecule has 0 spiro atoms. The molecule has 2 unspecified atom stereocenters. The number of ether oxygens (including phenoxy) is 1. The zero-order valence-corrected chi connectivity index (χ0v) is 9.03. The van der Waals surface area contributed by atoms with Crippen molar-refractivity contribution in [3.63, 3.8) is 0 Å². The first-order valence-corrected chi connectivity index (χ1v) is 5.36. The van der Waals surface area contributed by atoms with Gasteiger partial charge in [0.25, 0.3) is 0 Å². The van der Waals surface area contributed by atoms with E-state index in [1.807, 2.05) is 6.07 Å². The fraction of sp³-hybridized carbons (Fsp3) is 0.636. The molecule has 1 aromatic heterocycles. The summed E-state index contributed by atoms with van der Waals surface area (Å²) in [6.07, 6.45) is 4.94. The molecule has 0 saturated carbocycles. The van der Waals surface area contributed by atoms with Crippen LogP contribution in [0.1, 0.15) is 12.0 Å². The predicted octanol–water partition coefficient (Wildman–Crippen LogP) is 0.746. The van der Waals surface area contributed by atoms with Gasteiger partial charge in [0.15, 0.2) is 0 Å². The molecule has 1 saturated heterocycles. The van der Waals surface area contributed by atoms with Gasteiger partial charge in [-0.25, -0.2) is 0 Å². The summed E-state index contributed by atoms with van der Waals surface area (Å²) in [5.74, 6) is 0. The molecule has 4 heteroatoms. The molecular formula is C11H18N2O2. The van der Waals surface area contributed by atoms with E-state index in [1.165, 1.54) is 5.56 Å². The molecule has 1 aliphatic rings. The van der Waals surface area contributed by atoms with Gasteiger partial charge >= 0.3 is 0 Å². The summed E-state index contributed by atoms with van der Waals surface area (Å²) in [6.45, 7) is 2.81. The molecule has 1 aromatic rings. The van der Waals surface area contributed by atoms with Crippen molar-refractivity contribution in [1.82, 2.24) is 10.6 Å². The third-order valence-electron chi connectivity index (χ3n) is 2.81. The van der Waals surface area contributed by atoms with E-state index in [-0.39, 0.29) is 0 Å². The predicted molar refractivity (Wildman–Crippen MR) is 57.6 cm³/mol. The van der Waals surface area contributed by atoms with Crippen LogP contribution < -0.4 is 10.6 Å². The van der Waals surface area contributed by atoms with E-state index in [0.717, 1.165) is 26.1 Å². The highest BCUT2D eigenvalue weighted by Gasteiger charge is 2.22. The largest absolute Gasteiger partial charge is 0.472 e. The van der Waals surface area contributed by atoms with Crippen LogP contribution in [-0.2, 0) is 11.3 Å². The number of rotatable bonds is 5. The molecule has 0 aliphatic carbocycles. The fourth-order valence-electron chi connectivity index (χ4n) is 1.90. The number of nitrogens with one attached hydrogen (secondary N) is 2. The van der Waals surface area contributed by atoms with Crippen LogP contribution in [0, 0.1) is 0 Å². The summed E-state index contributed by atoms with van der Waals surface area (Å²) in [5, 5.41) is 6.82. The molecule has 2 heterocycles. The van der Waals surface area contributed by atoms with Crippen molar-refractivity contribution in [3.05, 3.63) is 24.2 Å². The summed E-state index contributed by atoms with van der Waals surface area (Å²) < 4.78 is 10.3. The van der Waals surface area contributed by atoms with Crippen molar-refractivity contribution >= 4 is 0 Å². The highest BCUT2D eigenvalue weighted by molar-refractivity contribution is 5.04. The standard InChI is InChI=1S/C11H18N2O2/c1-14-11-4-10(13-7-11)6-12-5-9-2-3-15-8-9/h2-3,8,10-13H,4-7H2,1H3. The number of hydrogen-bond donors (Lipinski definition) is 2. The molecule has 84 valence electrons. The van der Waals surface area contributed by atoms with E-state index < -0.39 is 0 Å². The van der Waals surface area contributed by atoms with Crippen LogP contribution in [-0.4, -0.2) is 32.3 Å². The van der Waals surface area contributed by atoms with Gasteiger partial charge in [-0.15, -0.1) is 0 Å². The molecule has 2 N–H and O–H groups in total. The Hall–Kier alpha value is -0.840. The summed E-state index contributed by atoms with van der Waals surface area (Å²) >= 11 is 0. The lowest BCUT2D eigenvalue weighted by atomic mass is 10.2. The van der Waals surface area contributed by atoms with Crippen LogP contribution in [0.15, 0.2) is 23.0 Å². The second-order valence-electron chi connectivity index (χ2n) is 3.96. The van der Waals surface area contributed by atoms with Gasteiger partial charge in [0.05, 0.1) is 18.6 Å². The Bertz CT molecular complexity index is 274. The topological polar surface area (TPSA) is 46.4 Å². The Balaban J connectivity index is 1.63. The van der Waals surface area contributed by atoms with Gasteiger partial charge in [0.1, 0.15) is 0 Å². The molecule has 0 amide bonds. The lowest BCUT2D eigenvalue weighted by molar-refractivity contribution is 0.117. The molecule has 1 fully saturated rings. The Labute approximate surface area is 90.0 Å². The zero-order chi connectivity index (χ0) is 10.5. The van der Waals surface area contributed by atoms with Crippen molar-refractivity contribution in [2.75, 3.05) is 20.2 Å². The van der Waals surface area contributed by atoms with Crippen molar-refractivity contribution in [2.24, 2.45) is 0 Å². The number of hydrogen-bond acceptors (Lipinski definition) is 4. The van der Waals surface area contributed by atoms with E-state index in [1.54, 1.807) is 19.6 Å². The third-order valence-corrected chi connectivity index (χ3v) is 2.81. The van der Waals surface area contributed by atoms with Crippen molar-refractivity contribution in [3.8, 4) is 0 Å². The van der Waals surface area contributed by atoms with E-state index in [0.29, 0.717) is 12.1 Å². The minimum Gasteiger partial charge on any atom is -0.472 e. The minimum atomic E-state index is 0.380. The van der Waals surface area contributed by atoms with Gasteiger partial charge in [0, 0.05) is 38.3 Å². The van der Waals surface area contributed by atoms with E-state index >= 15 is 0 Å². The highest BCUT2D eigenvalue weighted by Crippen LogP contribution is 2.08. The molecule has 0 radical (unpaired) electrons. The summed E-state index contributed by atoms with van der Waals surface area (Å²) in [4.78, 5) is 0. The van der Waals surface area contributed by atoms with Gasteiger partial charge in [-0.05, 0) is 12.5 Å². The summed E-state index contributed by atoms with van der Waals surface area (Å²) in [5.41, 5.74) is 1.19. The Morgan fingerprint density at radius 1 is 1.67 bits per heavy atom. The Morgan fingerprint density at radius 3 is 3.27 bits per heavy atom. The van der Waals surface area contributed by atoms with Crippen LogP contribution in [0.25, 0.3) is 0 Å². The first-order chi connectivity index (χ1) is 7.38. The second-order valence-corrected chi connectivity index (χ2v) is 3.96. The van der Waals surface area contributed by atoms with Gasteiger partial charge in [-0.3, -0.25) is 0 Å². The van der Waals surface area contributed by atoms with E-state index in [9.17, 15) is 0 Å². The van der Waals surface area contributed by atoms with Gasteiger partial charge in [-0.2, -0.15) is 0 Å². The maximum atomic E-state index is 5.29. The Kier molecular flexibility index (Phi) is 3.77. The summed E-state index contributed by atoms with van der Waals surface area (Å²) in [6, 6.07) is 2.51. The normalized spacial score (nSPS) is 25.9. The van der Waals surface area contributed by atoms with Gasteiger partial charge in [0.2, 0.25) is 0 Å². The minimum absolute atomic E-state index is 0.380. The van der Waals surface area contributed by atoms with Gasteiger partial charge < -0.3 is 19.8 Å². The average molecular weight is 210 g/mol. The SMILES string of the molecule is COC1CNC(CNCc2ccoc2)C1. The molecule has 2 atom stereocenters. The fourth-order valence-corrected chi connectivity index (χ4v) is 1.90. The van der Waals surface area contributed by atoms with Gasteiger partial charge in [-0.1, -0.05) is 0 Å². The van der Waals surface area contributed by atoms with Crippen LogP contribution in [0.2, 0.25) is 0 Å². The number of methoxy groups -OCH3 is 1. The first kappa shape index (κ1) is 10.7. The van der Waals surface area contributed by atoms with Crippen LogP contribution >= 0.6 is 0 Å². The van der Waals surface area contributed by atoms with Crippen LogP contribution in [0.4, 0.5) is 0 Å². The molecule has 2 rings (SSSR count). The molecule has 0 aromatic carbocycles.